The fourth-order valence-corrected chi connectivity index (χ4v) is 1.48. The molecule has 0 aliphatic rings. The Hall–Kier alpha value is -1.78. The van der Waals surface area contributed by atoms with Gasteiger partial charge in [0.05, 0.1) is 29.9 Å². The summed E-state index contributed by atoms with van der Waals surface area (Å²) in [4.78, 5) is 0. The molecule has 0 aromatic heterocycles. The van der Waals surface area contributed by atoms with E-state index in [1.807, 2.05) is 0 Å². The number of hydrogen-bond donors (Lipinski definition) is 2. The minimum Gasteiger partial charge on any atom is -0.389 e. The van der Waals surface area contributed by atoms with Crippen LogP contribution in [0.2, 0.25) is 0 Å². The van der Waals surface area contributed by atoms with E-state index in [0.717, 1.165) is 12.1 Å². The number of rotatable bonds is 5. The van der Waals surface area contributed by atoms with E-state index in [1.54, 1.807) is 0 Å². The van der Waals surface area contributed by atoms with Crippen LogP contribution >= 0.6 is 0 Å². The lowest BCUT2D eigenvalue weighted by atomic mass is 10.1. The Morgan fingerprint density at radius 3 is 2.68 bits per heavy atom. The van der Waals surface area contributed by atoms with Crippen molar-refractivity contribution >= 4 is 5.69 Å². The fourth-order valence-electron chi connectivity index (χ4n) is 1.48. The lowest BCUT2D eigenvalue weighted by Crippen LogP contribution is -2.24. The first-order chi connectivity index (χ1) is 8.88. The largest absolute Gasteiger partial charge is 0.417 e. The standard InChI is InChI=1S/C12H13F3N2O2/c1-19-7-10(18)6-17-9-2-3-11(12(13,14)15)8(4-9)5-16/h2-4,10,17-18H,6-7H2,1H3. The third kappa shape index (κ3) is 4.43. The molecule has 2 N–H and O–H groups in total. The van der Waals surface area contributed by atoms with Crippen LogP contribution in [0.15, 0.2) is 18.2 Å². The number of benzene rings is 1. The minimum absolute atomic E-state index is 0.110. The van der Waals surface area contributed by atoms with Crippen molar-refractivity contribution in [3.63, 3.8) is 0 Å². The Morgan fingerprint density at radius 1 is 1.47 bits per heavy atom. The highest BCUT2D eigenvalue weighted by molar-refractivity contribution is 5.53. The van der Waals surface area contributed by atoms with Gasteiger partial charge in [-0.05, 0) is 18.2 Å². The van der Waals surface area contributed by atoms with Gasteiger partial charge in [-0.15, -0.1) is 0 Å². The maximum absolute atomic E-state index is 12.6. The van der Waals surface area contributed by atoms with Crippen LogP contribution in [-0.2, 0) is 10.9 Å². The third-order valence-corrected chi connectivity index (χ3v) is 2.35. The molecule has 0 fully saturated rings. The highest BCUT2D eigenvalue weighted by Gasteiger charge is 2.33. The summed E-state index contributed by atoms with van der Waals surface area (Å²) >= 11 is 0. The van der Waals surface area contributed by atoms with Gasteiger partial charge >= 0.3 is 6.18 Å². The molecule has 0 amide bonds. The summed E-state index contributed by atoms with van der Waals surface area (Å²) in [5.74, 6) is 0. The van der Waals surface area contributed by atoms with E-state index >= 15 is 0 Å². The normalized spacial score (nSPS) is 12.8. The number of halogens is 3. The van der Waals surface area contributed by atoms with E-state index in [4.69, 9.17) is 10.00 Å². The first-order valence-electron chi connectivity index (χ1n) is 5.40. The number of nitriles is 1. The van der Waals surface area contributed by atoms with Crippen LogP contribution in [0.1, 0.15) is 11.1 Å². The van der Waals surface area contributed by atoms with E-state index in [9.17, 15) is 18.3 Å². The lowest BCUT2D eigenvalue weighted by molar-refractivity contribution is -0.137. The average Bonchev–Trinajstić information content (AvgIpc) is 2.35. The van der Waals surface area contributed by atoms with Crippen LogP contribution in [0.25, 0.3) is 0 Å². The number of aliphatic hydroxyl groups excluding tert-OH is 1. The zero-order valence-corrected chi connectivity index (χ0v) is 10.2. The van der Waals surface area contributed by atoms with Gasteiger partial charge in [-0.25, -0.2) is 0 Å². The zero-order chi connectivity index (χ0) is 14.5. The number of hydrogen-bond acceptors (Lipinski definition) is 4. The SMILES string of the molecule is COCC(O)CNc1ccc(C(F)(F)F)c(C#N)c1. The van der Waals surface area contributed by atoms with Gasteiger partial charge in [-0.1, -0.05) is 0 Å². The molecular formula is C12H13F3N2O2. The molecule has 4 nitrogen and oxygen atoms in total. The van der Waals surface area contributed by atoms with Crippen molar-refractivity contribution in [3.8, 4) is 6.07 Å². The van der Waals surface area contributed by atoms with Gasteiger partial charge < -0.3 is 15.2 Å². The summed E-state index contributed by atoms with van der Waals surface area (Å²) in [6.07, 6.45) is -5.34. The van der Waals surface area contributed by atoms with Gasteiger partial charge in [0.25, 0.3) is 0 Å². The Balaban J connectivity index is 2.81. The molecule has 19 heavy (non-hydrogen) atoms. The predicted octanol–water partition coefficient (Wildman–Crippen LogP) is 2.00. The molecule has 0 aliphatic heterocycles. The molecule has 0 spiro atoms. The maximum Gasteiger partial charge on any atom is 0.417 e. The van der Waals surface area contributed by atoms with Gasteiger partial charge in [0, 0.05) is 19.3 Å². The number of alkyl halides is 3. The van der Waals surface area contributed by atoms with Gasteiger partial charge in [0.2, 0.25) is 0 Å². The topological polar surface area (TPSA) is 65.3 Å². The summed E-state index contributed by atoms with van der Waals surface area (Å²) in [5.41, 5.74) is -1.10. The van der Waals surface area contributed by atoms with E-state index in [2.05, 4.69) is 5.32 Å². The Bertz CT molecular complexity index is 469. The van der Waals surface area contributed by atoms with Crippen molar-refractivity contribution in [2.45, 2.75) is 12.3 Å². The molecular weight excluding hydrogens is 261 g/mol. The quantitative estimate of drug-likeness (QED) is 0.862. The molecule has 0 radical (unpaired) electrons. The second-order valence-corrected chi connectivity index (χ2v) is 3.86. The molecule has 1 aromatic rings. The van der Waals surface area contributed by atoms with Crippen molar-refractivity contribution in [3.05, 3.63) is 29.3 Å². The summed E-state index contributed by atoms with van der Waals surface area (Å²) in [7, 11) is 1.43. The van der Waals surface area contributed by atoms with E-state index in [1.165, 1.54) is 19.2 Å². The number of nitrogens with zero attached hydrogens (tertiary/aromatic N) is 1. The summed E-state index contributed by atoms with van der Waals surface area (Å²) in [6.45, 7) is 0.225. The van der Waals surface area contributed by atoms with Gasteiger partial charge in [0.1, 0.15) is 0 Å². The molecule has 1 atom stereocenters. The van der Waals surface area contributed by atoms with Crippen LogP contribution in [0.5, 0.6) is 0 Å². The number of aliphatic hydroxyl groups is 1. The molecule has 0 saturated heterocycles. The number of ether oxygens (including phenoxy) is 1. The second kappa shape index (κ2) is 6.41. The average molecular weight is 274 g/mol. The maximum atomic E-state index is 12.6. The van der Waals surface area contributed by atoms with Crippen molar-refractivity contribution in [2.75, 3.05) is 25.6 Å². The molecule has 0 bridgehead atoms. The molecule has 1 unspecified atom stereocenters. The third-order valence-electron chi connectivity index (χ3n) is 2.35. The summed E-state index contributed by atoms with van der Waals surface area (Å²) < 4.78 is 42.4. The van der Waals surface area contributed by atoms with Crippen molar-refractivity contribution in [1.82, 2.24) is 0 Å². The van der Waals surface area contributed by atoms with Crippen LogP contribution in [0.3, 0.4) is 0 Å². The van der Waals surface area contributed by atoms with E-state index < -0.39 is 23.4 Å². The predicted molar refractivity (Wildman–Crippen MR) is 62.5 cm³/mol. The molecule has 0 saturated carbocycles. The summed E-state index contributed by atoms with van der Waals surface area (Å²) in [5, 5.41) is 20.8. The van der Waals surface area contributed by atoms with Gasteiger partial charge in [0.15, 0.2) is 0 Å². The van der Waals surface area contributed by atoms with Crippen LogP contribution in [0.4, 0.5) is 18.9 Å². The highest BCUT2D eigenvalue weighted by atomic mass is 19.4. The number of methoxy groups -OCH3 is 1. The van der Waals surface area contributed by atoms with Gasteiger partial charge in [-0.2, -0.15) is 18.4 Å². The minimum atomic E-state index is -4.56. The zero-order valence-electron chi connectivity index (χ0n) is 10.2. The molecule has 1 rings (SSSR count). The molecule has 1 aromatic carbocycles. The van der Waals surface area contributed by atoms with Crippen molar-refractivity contribution in [2.24, 2.45) is 0 Å². The molecule has 0 heterocycles. The van der Waals surface area contributed by atoms with Crippen LogP contribution in [0, 0.1) is 11.3 Å². The Labute approximate surface area is 108 Å². The Kier molecular flexibility index (Phi) is 5.15. The number of nitrogens with one attached hydrogen (secondary N) is 1. The van der Waals surface area contributed by atoms with E-state index in [-0.39, 0.29) is 13.2 Å². The lowest BCUT2D eigenvalue weighted by Gasteiger charge is -2.14. The van der Waals surface area contributed by atoms with Gasteiger partial charge in [-0.3, -0.25) is 0 Å². The smallest absolute Gasteiger partial charge is 0.389 e. The monoisotopic (exact) mass is 274 g/mol. The second-order valence-electron chi connectivity index (χ2n) is 3.86. The molecule has 7 heteroatoms. The molecule has 104 valence electrons. The first kappa shape index (κ1) is 15.3. The number of anilines is 1. The van der Waals surface area contributed by atoms with Crippen molar-refractivity contribution < 1.29 is 23.0 Å². The summed E-state index contributed by atoms with van der Waals surface area (Å²) in [6, 6.07) is 4.66. The first-order valence-corrected chi connectivity index (χ1v) is 5.40. The van der Waals surface area contributed by atoms with Crippen LogP contribution < -0.4 is 5.32 Å². The van der Waals surface area contributed by atoms with E-state index in [0.29, 0.717) is 5.69 Å². The van der Waals surface area contributed by atoms with Crippen LogP contribution in [-0.4, -0.2) is 31.5 Å². The van der Waals surface area contributed by atoms with Crippen molar-refractivity contribution in [1.29, 1.82) is 5.26 Å². The molecule has 0 aliphatic carbocycles. The Morgan fingerprint density at radius 2 is 2.16 bits per heavy atom. The highest BCUT2D eigenvalue weighted by Crippen LogP contribution is 2.32. The fraction of sp³-hybridized carbons (Fsp3) is 0.417.